The monoisotopic (exact) mass is 326 g/mol. The SMILES string of the molecule is CNC(=O)c1ccccc1NC(=O)c1ccccc1OCC(C)C. The van der Waals surface area contributed by atoms with E-state index in [2.05, 4.69) is 10.6 Å². The van der Waals surface area contributed by atoms with E-state index < -0.39 is 0 Å². The molecule has 0 saturated carbocycles. The van der Waals surface area contributed by atoms with Gasteiger partial charge in [-0.2, -0.15) is 0 Å². The molecule has 0 atom stereocenters. The van der Waals surface area contributed by atoms with Gasteiger partial charge in [-0.1, -0.05) is 38.1 Å². The van der Waals surface area contributed by atoms with Gasteiger partial charge in [0.05, 0.1) is 23.4 Å². The van der Waals surface area contributed by atoms with Crippen LogP contribution in [0, 0.1) is 5.92 Å². The molecule has 0 saturated heterocycles. The Kier molecular flexibility index (Phi) is 5.95. The molecule has 2 N–H and O–H groups in total. The third kappa shape index (κ3) is 4.35. The largest absolute Gasteiger partial charge is 0.492 e. The average molecular weight is 326 g/mol. The fraction of sp³-hybridized carbons (Fsp3) is 0.263. The van der Waals surface area contributed by atoms with Crippen LogP contribution in [0.5, 0.6) is 5.75 Å². The second-order valence-corrected chi connectivity index (χ2v) is 5.78. The highest BCUT2D eigenvalue weighted by Gasteiger charge is 2.16. The Bertz CT molecular complexity index is 726. The van der Waals surface area contributed by atoms with Crippen LogP contribution in [-0.4, -0.2) is 25.5 Å². The van der Waals surface area contributed by atoms with Crippen LogP contribution < -0.4 is 15.4 Å². The Hall–Kier alpha value is -2.82. The topological polar surface area (TPSA) is 67.4 Å². The molecule has 126 valence electrons. The fourth-order valence-electron chi connectivity index (χ4n) is 2.15. The summed E-state index contributed by atoms with van der Waals surface area (Å²) < 4.78 is 5.72. The summed E-state index contributed by atoms with van der Waals surface area (Å²) in [5, 5.41) is 5.35. The van der Waals surface area contributed by atoms with Crippen molar-refractivity contribution in [1.82, 2.24) is 5.32 Å². The van der Waals surface area contributed by atoms with Gasteiger partial charge >= 0.3 is 0 Å². The number of para-hydroxylation sites is 2. The summed E-state index contributed by atoms with van der Waals surface area (Å²) in [5.74, 6) is 0.317. The van der Waals surface area contributed by atoms with E-state index in [-0.39, 0.29) is 11.8 Å². The number of nitrogens with one attached hydrogen (secondary N) is 2. The molecule has 0 aliphatic carbocycles. The van der Waals surface area contributed by atoms with E-state index >= 15 is 0 Å². The van der Waals surface area contributed by atoms with Crippen LogP contribution >= 0.6 is 0 Å². The van der Waals surface area contributed by atoms with Crippen molar-refractivity contribution < 1.29 is 14.3 Å². The van der Waals surface area contributed by atoms with Crippen LogP contribution in [0.15, 0.2) is 48.5 Å². The molecule has 2 aromatic carbocycles. The van der Waals surface area contributed by atoms with Crippen molar-refractivity contribution >= 4 is 17.5 Å². The lowest BCUT2D eigenvalue weighted by Crippen LogP contribution is -2.21. The number of rotatable bonds is 6. The van der Waals surface area contributed by atoms with Gasteiger partial charge in [0.15, 0.2) is 0 Å². The van der Waals surface area contributed by atoms with Crippen LogP contribution in [0.2, 0.25) is 0 Å². The van der Waals surface area contributed by atoms with Gasteiger partial charge in [-0.15, -0.1) is 0 Å². The summed E-state index contributed by atoms with van der Waals surface area (Å²) in [6, 6.07) is 13.9. The zero-order chi connectivity index (χ0) is 17.5. The highest BCUT2D eigenvalue weighted by Crippen LogP contribution is 2.22. The molecule has 2 aromatic rings. The molecule has 0 aliphatic heterocycles. The summed E-state index contributed by atoms with van der Waals surface area (Å²) in [6.07, 6.45) is 0. The van der Waals surface area contributed by atoms with Crippen molar-refractivity contribution in [2.75, 3.05) is 19.0 Å². The Morgan fingerprint density at radius 3 is 2.25 bits per heavy atom. The summed E-state index contributed by atoms with van der Waals surface area (Å²) >= 11 is 0. The van der Waals surface area contributed by atoms with Gasteiger partial charge in [-0.25, -0.2) is 0 Å². The minimum atomic E-state index is -0.314. The molecule has 0 bridgehead atoms. The Morgan fingerprint density at radius 2 is 1.58 bits per heavy atom. The second-order valence-electron chi connectivity index (χ2n) is 5.78. The molecule has 5 heteroatoms. The highest BCUT2D eigenvalue weighted by atomic mass is 16.5. The molecule has 2 rings (SSSR count). The Labute approximate surface area is 142 Å². The van der Waals surface area contributed by atoms with Gasteiger partial charge in [-0.05, 0) is 30.2 Å². The van der Waals surface area contributed by atoms with Crippen LogP contribution in [0.4, 0.5) is 5.69 Å². The van der Waals surface area contributed by atoms with E-state index in [4.69, 9.17) is 4.74 Å². The third-order valence-corrected chi connectivity index (χ3v) is 3.35. The zero-order valence-corrected chi connectivity index (χ0v) is 14.1. The van der Waals surface area contributed by atoms with Crippen LogP contribution in [-0.2, 0) is 0 Å². The molecule has 0 fully saturated rings. The molecule has 0 aromatic heterocycles. The van der Waals surface area contributed by atoms with Gasteiger partial charge in [-0.3, -0.25) is 9.59 Å². The number of benzene rings is 2. The first-order chi connectivity index (χ1) is 11.5. The maximum Gasteiger partial charge on any atom is 0.259 e. The summed E-state index contributed by atoms with van der Waals surface area (Å²) in [5.41, 5.74) is 1.30. The van der Waals surface area contributed by atoms with Gasteiger partial charge in [0, 0.05) is 7.05 Å². The summed E-state index contributed by atoms with van der Waals surface area (Å²) in [6.45, 7) is 4.61. The maximum atomic E-state index is 12.6. The highest BCUT2D eigenvalue weighted by molar-refractivity contribution is 6.10. The van der Waals surface area contributed by atoms with E-state index in [0.29, 0.717) is 35.1 Å². The molecule has 0 radical (unpaired) electrons. The summed E-state index contributed by atoms with van der Waals surface area (Å²) in [7, 11) is 1.55. The number of amides is 2. The first-order valence-electron chi connectivity index (χ1n) is 7.87. The smallest absolute Gasteiger partial charge is 0.259 e. The predicted molar refractivity (Wildman–Crippen MR) is 94.6 cm³/mol. The van der Waals surface area contributed by atoms with Gasteiger partial charge < -0.3 is 15.4 Å². The molecule has 0 spiro atoms. The van der Waals surface area contributed by atoms with Crippen molar-refractivity contribution in [3.8, 4) is 5.75 Å². The van der Waals surface area contributed by atoms with Gasteiger partial charge in [0.2, 0.25) is 0 Å². The molecule has 0 aliphatic rings. The predicted octanol–water partition coefficient (Wildman–Crippen LogP) is 3.33. The van der Waals surface area contributed by atoms with Crippen molar-refractivity contribution in [3.63, 3.8) is 0 Å². The number of hydrogen-bond donors (Lipinski definition) is 2. The van der Waals surface area contributed by atoms with E-state index in [1.54, 1.807) is 49.5 Å². The van der Waals surface area contributed by atoms with E-state index in [1.807, 2.05) is 19.9 Å². The lowest BCUT2D eigenvalue weighted by Gasteiger charge is -2.14. The van der Waals surface area contributed by atoms with Crippen molar-refractivity contribution in [2.24, 2.45) is 5.92 Å². The summed E-state index contributed by atoms with van der Waals surface area (Å²) in [4.78, 5) is 24.5. The van der Waals surface area contributed by atoms with Crippen molar-refractivity contribution in [2.45, 2.75) is 13.8 Å². The Balaban J connectivity index is 2.24. The third-order valence-electron chi connectivity index (χ3n) is 3.35. The van der Waals surface area contributed by atoms with Crippen molar-refractivity contribution in [3.05, 3.63) is 59.7 Å². The standard InChI is InChI=1S/C19H22N2O3/c1-13(2)12-24-17-11-7-5-9-15(17)19(23)21-16-10-6-4-8-14(16)18(22)20-3/h4-11,13H,12H2,1-3H3,(H,20,22)(H,21,23). The van der Waals surface area contributed by atoms with E-state index in [9.17, 15) is 9.59 Å². The first-order valence-corrected chi connectivity index (χ1v) is 7.87. The number of carbonyl (C=O) groups excluding carboxylic acids is 2. The number of anilines is 1. The molecular weight excluding hydrogens is 304 g/mol. The zero-order valence-electron chi connectivity index (χ0n) is 14.1. The fourth-order valence-corrected chi connectivity index (χ4v) is 2.15. The van der Waals surface area contributed by atoms with Crippen LogP contribution in [0.25, 0.3) is 0 Å². The van der Waals surface area contributed by atoms with Gasteiger partial charge in [0.25, 0.3) is 11.8 Å². The molecule has 0 unspecified atom stereocenters. The molecule has 5 nitrogen and oxygen atoms in total. The molecule has 24 heavy (non-hydrogen) atoms. The van der Waals surface area contributed by atoms with Crippen molar-refractivity contribution in [1.29, 1.82) is 0 Å². The average Bonchev–Trinajstić information content (AvgIpc) is 2.60. The van der Waals surface area contributed by atoms with Crippen LogP contribution in [0.1, 0.15) is 34.6 Å². The number of ether oxygens (including phenoxy) is 1. The Morgan fingerprint density at radius 1 is 0.958 bits per heavy atom. The lowest BCUT2D eigenvalue weighted by atomic mass is 10.1. The second kappa shape index (κ2) is 8.15. The maximum absolute atomic E-state index is 12.6. The minimum Gasteiger partial charge on any atom is -0.492 e. The molecular formula is C19H22N2O3. The van der Waals surface area contributed by atoms with Crippen LogP contribution in [0.3, 0.4) is 0 Å². The van der Waals surface area contributed by atoms with E-state index in [0.717, 1.165) is 0 Å². The number of hydrogen-bond acceptors (Lipinski definition) is 3. The van der Waals surface area contributed by atoms with E-state index in [1.165, 1.54) is 0 Å². The quantitative estimate of drug-likeness (QED) is 0.855. The lowest BCUT2D eigenvalue weighted by molar-refractivity contribution is 0.0964. The molecule has 0 heterocycles. The first kappa shape index (κ1) is 17.5. The molecule has 2 amide bonds. The normalized spacial score (nSPS) is 10.3. The van der Waals surface area contributed by atoms with Gasteiger partial charge in [0.1, 0.15) is 5.75 Å². The number of carbonyl (C=O) groups is 2. The minimum absolute atomic E-state index is 0.254.